The Morgan fingerprint density at radius 1 is 1.50 bits per heavy atom. The van der Waals surface area contributed by atoms with Gasteiger partial charge in [0, 0.05) is 19.0 Å². The number of rotatable bonds is 4. The molecular formula is C10H19NO. The van der Waals surface area contributed by atoms with Crippen LogP contribution in [0.15, 0.2) is 0 Å². The number of carbonyl (C=O) groups is 1. The third kappa shape index (κ3) is 1.99. The summed E-state index contributed by atoms with van der Waals surface area (Å²) in [4.78, 5) is 13.4. The van der Waals surface area contributed by atoms with Crippen LogP contribution in [0, 0.1) is 0 Å². The van der Waals surface area contributed by atoms with Crippen molar-refractivity contribution in [1.29, 1.82) is 0 Å². The molecule has 0 N–H and O–H groups in total. The van der Waals surface area contributed by atoms with Crippen LogP contribution < -0.4 is 0 Å². The van der Waals surface area contributed by atoms with Crippen molar-refractivity contribution in [2.45, 2.75) is 52.0 Å². The van der Waals surface area contributed by atoms with Crippen LogP contribution in [-0.4, -0.2) is 23.4 Å². The van der Waals surface area contributed by atoms with Crippen LogP contribution in [0.2, 0.25) is 0 Å². The lowest BCUT2D eigenvalue weighted by Gasteiger charge is -2.26. The van der Waals surface area contributed by atoms with Crippen LogP contribution >= 0.6 is 0 Å². The number of nitrogens with zero attached hydrogens (tertiary/aromatic N) is 1. The summed E-state index contributed by atoms with van der Waals surface area (Å²) in [6.07, 6.45) is 5.31. The minimum absolute atomic E-state index is 0.371. The van der Waals surface area contributed by atoms with Gasteiger partial charge in [-0.3, -0.25) is 4.79 Å². The molecule has 0 aromatic carbocycles. The second kappa shape index (κ2) is 4.48. The molecule has 0 aliphatic carbocycles. The zero-order valence-electron chi connectivity index (χ0n) is 8.18. The molecule has 2 heteroatoms. The van der Waals surface area contributed by atoms with Crippen molar-refractivity contribution in [2.24, 2.45) is 0 Å². The molecule has 1 heterocycles. The summed E-state index contributed by atoms with van der Waals surface area (Å²) in [6, 6.07) is 0.519. The van der Waals surface area contributed by atoms with E-state index in [1.807, 2.05) is 0 Å². The van der Waals surface area contributed by atoms with Crippen LogP contribution in [0.25, 0.3) is 0 Å². The molecule has 0 aromatic rings. The SMILES string of the molecule is CCC[C@@H](CC)N1CCCC1=O. The Morgan fingerprint density at radius 2 is 2.25 bits per heavy atom. The smallest absolute Gasteiger partial charge is 0.222 e. The molecule has 0 spiro atoms. The third-order valence-corrected chi connectivity index (χ3v) is 2.64. The maximum absolute atomic E-state index is 11.4. The van der Waals surface area contributed by atoms with E-state index in [4.69, 9.17) is 0 Å². The highest BCUT2D eigenvalue weighted by atomic mass is 16.2. The van der Waals surface area contributed by atoms with Crippen molar-refractivity contribution in [3.05, 3.63) is 0 Å². The normalized spacial score (nSPS) is 20.2. The summed E-state index contributed by atoms with van der Waals surface area (Å²) in [5.74, 6) is 0.371. The molecule has 1 rings (SSSR count). The Morgan fingerprint density at radius 3 is 2.67 bits per heavy atom. The van der Waals surface area contributed by atoms with Crippen LogP contribution in [0.5, 0.6) is 0 Å². The molecule has 2 nitrogen and oxygen atoms in total. The minimum atomic E-state index is 0.371. The fourth-order valence-electron chi connectivity index (χ4n) is 1.97. The zero-order chi connectivity index (χ0) is 8.97. The molecule has 70 valence electrons. The topological polar surface area (TPSA) is 20.3 Å². The standard InChI is InChI=1S/C10H19NO/c1-3-6-9(4-2)11-8-5-7-10(11)12/h9H,3-8H2,1-2H3/t9-/m1/s1. The number of hydrogen-bond acceptors (Lipinski definition) is 1. The first-order valence-corrected chi connectivity index (χ1v) is 5.09. The van der Waals surface area contributed by atoms with Gasteiger partial charge in [-0.05, 0) is 19.3 Å². The van der Waals surface area contributed by atoms with E-state index in [0.717, 1.165) is 25.8 Å². The van der Waals surface area contributed by atoms with Gasteiger partial charge in [0.1, 0.15) is 0 Å². The summed E-state index contributed by atoms with van der Waals surface area (Å²) < 4.78 is 0. The molecule has 0 aromatic heterocycles. The lowest BCUT2D eigenvalue weighted by atomic mass is 10.1. The number of carbonyl (C=O) groups excluding carboxylic acids is 1. The molecular weight excluding hydrogens is 150 g/mol. The highest BCUT2D eigenvalue weighted by molar-refractivity contribution is 5.78. The molecule has 1 fully saturated rings. The van der Waals surface area contributed by atoms with Crippen molar-refractivity contribution in [3.8, 4) is 0 Å². The van der Waals surface area contributed by atoms with Crippen molar-refractivity contribution in [1.82, 2.24) is 4.90 Å². The van der Waals surface area contributed by atoms with Crippen LogP contribution in [0.3, 0.4) is 0 Å². The molecule has 0 radical (unpaired) electrons. The molecule has 1 aliphatic rings. The van der Waals surface area contributed by atoms with E-state index in [1.54, 1.807) is 0 Å². The van der Waals surface area contributed by atoms with Crippen molar-refractivity contribution < 1.29 is 4.79 Å². The molecule has 1 atom stereocenters. The first-order valence-electron chi connectivity index (χ1n) is 5.09. The quantitative estimate of drug-likeness (QED) is 0.631. The van der Waals surface area contributed by atoms with Crippen LogP contribution in [-0.2, 0) is 4.79 Å². The second-order valence-electron chi connectivity index (χ2n) is 3.54. The van der Waals surface area contributed by atoms with E-state index in [0.29, 0.717) is 11.9 Å². The summed E-state index contributed by atoms with van der Waals surface area (Å²) >= 11 is 0. The molecule has 1 saturated heterocycles. The Bertz CT molecular complexity index is 156. The minimum Gasteiger partial charge on any atom is -0.340 e. The van der Waals surface area contributed by atoms with Gasteiger partial charge in [0.2, 0.25) is 5.91 Å². The van der Waals surface area contributed by atoms with Gasteiger partial charge in [0.25, 0.3) is 0 Å². The van der Waals surface area contributed by atoms with E-state index in [9.17, 15) is 4.79 Å². The summed E-state index contributed by atoms with van der Waals surface area (Å²) in [5, 5.41) is 0. The average molecular weight is 169 g/mol. The van der Waals surface area contributed by atoms with Crippen molar-refractivity contribution in [3.63, 3.8) is 0 Å². The van der Waals surface area contributed by atoms with Gasteiger partial charge in [0.05, 0.1) is 0 Å². The van der Waals surface area contributed by atoms with Gasteiger partial charge in [0.15, 0.2) is 0 Å². The number of likely N-dealkylation sites (tertiary alicyclic amines) is 1. The third-order valence-electron chi connectivity index (χ3n) is 2.64. The molecule has 0 bridgehead atoms. The highest BCUT2D eigenvalue weighted by Gasteiger charge is 2.25. The maximum atomic E-state index is 11.4. The second-order valence-corrected chi connectivity index (χ2v) is 3.54. The fourth-order valence-corrected chi connectivity index (χ4v) is 1.97. The zero-order valence-corrected chi connectivity index (χ0v) is 8.18. The Kier molecular flexibility index (Phi) is 3.57. The molecule has 0 saturated carbocycles. The highest BCUT2D eigenvalue weighted by Crippen LogP contribution is 2.18. The summed E-state index contributed by atoms with van der Waals surface area (Å²) in [5.41, 5.74) is 0. The van der Waals surface area contributed by atoms with Gasteiger partial charge in [-0.1, -0.05) is 20.3 Å². The molecule has 12 heavy (non-hydrogen) atoms. The van der Waals surface area contributed by atoms with E-state index in [2.05, 4.69) is 18.7 Å². The van der Waals surface area contributed by atoms with Gasteiger partial charge in [-0.25, -0.2) is 0 Å². The van der Waals surface area contributed by atoms with E-state index in [-0.39, 0.29) is 0 Å². The van der Waals surface area contributed by atoms with Gasteiger partial charge in [-0.2, -0.15) is 0 Å². The Labute approximate surface area is 74.9 Å². The predicted octanol–water partition coefficient (Wildman–Crippen LogP) is 2.19. The van der Waals surface area contributed by atoms with Crippen molar-refractivity contribution >= 4 is 5.91 Å². The fraction of sp³-hybridized carbons (Fsp3) is 0.900. The number of amides is 1. The summed E-state index contributed by atoms with van der Waals surface area (Å²) in [7, 11) is 0. The first kappa shape index (κ1) is 9.56. The maximum Gasteiger partial charge on any atom is 0.222 e. The lowest BCUT2D eigenvalue weighted by molar-refractivity contribution is -0.129. The summed E-state index contributed by atoms with van der Waals surface area (Å²) in [6.45, 7) is 5.35. The van der Waals surface area contributed by atoms with E-state index in [1.165, 1.54) is 12.8 Å². The van der Waals surface area contributed by atoms with Gasteiger partial charge >= 0.3 is 0 Å². The van der Waals surface area contributed by atoms with Crippen molar-refractivity contribution in [2.75, 3.05) is 6.54 Å². The van der Waals surface area contributed by atoms with Crippen LogP contribution in [0.4, 0.5) is 0 Å². The Hall–Kier alpha value is -0.530. The molecule has 1 amide bonds. The van der Waals surface area contributed by atoms with Crippen LogP contribution in [0.1, 0.15) is 46.0 Å². The monoisotopic (exact) mass is 169 g/mol. The van der Waals surface area contributed by atoms with E-state index < -0.39 is 0 Å². The first-order chi connectivity index (χ1) is 5.79. The molecule has 0 unspecified atom stereocenters. The average Bonchev–Trinajstić information content (AvgIpc) is 2.47. The van der Waals surface area contributed by atoms with Gasteiger partial charge in [-0.15, -0.1) is 0 Å². The lowest BCUT2D eigenvalue weighted by Crippen LogP contribution is -2.35. The van der Waals surface area contributed by atoms with Gasteiger partial charge < -0.3 is 4.90 Å². The largest absolute Gasteiger partial charge is 0.340 e. The Balaban J connectivity index is 2.46. The molecule has 1 aliphatic heterocycles. The van der Waals surface area contributed by atoms with E-state index >= 15 is 0 Å². The predicted molar refractivity (Wildman–Crippen MR) is 49.9 cm³/mol. The number of hydrogen-bond donors (Lipinski definition) is 0.